The van der Waals surface area contributed by atoms with Crippen LogP contribution in [0.3, 0.4) is 0 Å². The molecular formula is C21H28N2O5. The minimum atomic E-state index is -0.688. The minimum Gasteiger partial charge on any atom is -0.497 e. The number of rotatable bonds is 5. The van der Waals surface area contributed by atoms with E-state index >= 15 is 0 Å². The zero-order valence-corrected chi connectivity index (χ0v) is 16.8. The topological polar surface area (TPSA) is 85.9 Å². The quantitative estimate of drug-likeness (QED) is 0.755. The number of methoxy groups -OCH3 is 2. The fraction of sp³-hybridized carbons (Fsp3) is 0.524. The Bertz CT molecular complexity index is 789. The van der Waals surface area contributed by atoms with Crippen molar-refractivity contribution in [1.29, 1.82) is 0 Å². The molecule has 0 aromatic heterocycles. The van der Waals surface area contributed by atoms with E-state index in [1.165, 1.54) is 0 Å². The number of ether oxygens (including phenoxy) is 3. The van der Waals surface area contributed by atoms with E-state index < -0.39 is 12.0 Å². The van der Waals surface area contributed by atoms with Crippen LogP contribution in [0, 0.1) is 5.92 Å². The Morgan fingerprint density at radius 2 is 1.96 bits per heavy atom. The molecule has 7 nitrogen and oxygen atoms in total. The van der Waals surface area contributed by atoms with Crippen LogP contribution in [0.2, 0.25) is 0 Å². The smallest absolute Gasteiger partial charge is 0.338 e. The summed E-state index contributed by atoms with van der Waals surface area (Å²) in [6, 6.07) is 4.22. The van der Waals surface area contributed by atoms with Crippen LogP contribution in [-0.4, -0.2) is 32.3 Å². The fourth-order valence-corrected chi connectivity index (χ4v) is 3.96. The third-order valence-electron chi connectivity index (χ3n) is 5.40. The first-order chi connectivity index (χ1) is 13.4. The number of benzene rings is 1. The summed E-state index contributed by atoms with van der Waals surface area (Å²) in [4.78, 5) is 25.2. The van der Waals surface area contributed by atoms with Gasteiger partial charge in [0.2, 0.25) is 0 Å². The summed E-state index contributed by atoms with van der Waals surface area (Å²) in [7, 11) is 3.11. The van der Waals surface area contributed by atoms with Crippen LogP contribution in [0.5, 0.6) is 11.5 Å². The molecule has 3 atom stereocenters. The number of carbonyl (C=O) groups is 2. The average molecular weight is 388 g/mol. The summed E-state index contributed by atoms with van der Waals surface area (Å²) >= 11 is 0. The van der Waals surface area contributed by atoms with E-state index in [0.29, 0.717) is 34.3 Å². The van der Waals surface area contributed by atoms with Gasteiger partial charge in [-0.15, -0.1) is 0 Å². The highest BCUT2D eigenvalue weighted by atomic mass is 16.5. The second kappa shape index (κ2) is 8.54. The summed E-state index contributed by atoms with van der Waals surface area (Å²) in [5, 5.41) is 5.50. The highest BCUT2D eigenvalue weighted by molar-refractivity contribution is 5.95. The lowest BCUT2D eigenvalue weighted by atomic mass is 9.88. The van der Waals surface area contributed by atoms with Crippen LogP contribution in [0.4, 0.5) is 4.79 Å². The van der Waals surface area contributed by atoms with Gasteiger partial charge >= 0.3 is 12.0 Å². The first-order valence-electron chi connectivity index (χ1n) is 9.64. The Kier molecular flexibility index (Phi) is 6.11. The number of amides is 2. The normalized spacial score (nSPS) is 24.9. The second-order valence-electron chi connectivity index (χ2n) is 7.48. The first-order valence-corrected chi connectivity index (χ1v) is 9.64. The van der Waals surface area contributed by atoms with Crippen molar-refractivity contribution in [2.24, 2.45) is 5.92 Å². The predicted molar refractivity (Wildman–Crippen MR) is 104 cm³/mol. The molecule has 2 aliphatic rings. The van der Waals surface area contributed by atoms with E-state index in [1.807, 2.05) is 0 Å². The Hall–Kier alpha value is -2.70. The molecule has 3 rings (SSSR count). The summed E-state index contributed by atoms with van der Waals surface area (Å²) < 4.78 is 16.6. The fourth-order valence-electron chi connectivity index (χ4n) is 3.96. The molecule has 0 saturated heterocycles. The van der Waals surface area contributed by atoms with Gasteiger partial charge in [0, 0.05) is 11.3 Å². The minimum absolute atomic E-state index is 0.0953. The lowest BCUT2D eigenvalue weighted by Gasteiger charge is -2.31. The molecular weight excluding hydrogens is 360 g/mol. The first kappa shape index (κ1) is 20.0. The number of urea groups is 1. The van der Waals surface area contributed by atoms with Gasteiger partial charge in [-0.1, -0.05) is 13.3 Å². The number of esters is 1. The molecule has 28 heavy (non-hydrogen) atoms. The molecule has 1 aliphatic heterocycles. The molecule has 1 heterocycles. The van der Waals surface area contributed by atoms with E-state index in [2.05, 4.69) is 17.6 Å². The Labute approximate surface area is 165 Å². The molecule has 0 unspecified atom stereocenters. The third-order valence-corrected chi connectivity index (χ3v) is 5.40. The van der Waals surface area contributed by atoms with Crippen LogP contribution in [0.15, 0.2) is 29.5 Å². The third kappa shape index (κ3) is 4.24. The van der Waals surface area contributed by atoms with Gasteiger partial charge in [-0.2, -0.15) is 0 Å². The maximum absolute atomic E-state index is 13.1. The standard InChI is InChI=1S/C21H28N2O5/c1-12-6-5-7-15(10-12)28-20(24)18-13(2)22-21(25)23-19(18)16-11-14(26-3)8-9-17(16)27-4/h8-9,11-12,15,19H,5-7,10H2,1-4H3,(H2,22,23,25)/t12-,15-,19+/m1/s1. The molecule has 2 amide bonds. The summed E-state index contributed by atoms with van der Waals surface area (Å²) in [6.45, 7) is 3.88. The number of allylic oxidation sites excluding steroid dienone is 1. The monoisotopic (exact) mass is 388 g/mol. The second-order valence-corrected chi connectivity index (χ2v) is 7.48. The van der Waals surface area contributed by atoms with Crippen molar-refractivity contribution in [3.05, 3.63) is 35.0 Å². The van der Waals surface area contributed by atoms with E-state index in [4.69, 9.17) is 14.2 Å². The number of carbonyl (C=O) groups excluding carboxylic acids is 2. The van der Waals surface area contributed by atoms with Gasteiger partial charge in [0.1, 0.15) is 17.6 Å². The Balaban J connectivity index is 1.94. The van der Waals surface area contributed by atoms with Crippen LogP contribution in [-0.2, 0) is 9.53 Å². The average Bonchev–Trinajstić information content (AvgIpc) is 2.66. The molecule has 0 spiro atoms. The molecule has 1 fully saturated rings. The maximum atomic E-state index is 13.1. The maximum Gasteiger partial charge on any atom is 0.338 e. The van der Waals surface area contributed by atoms with Crippen LogP contribution in [0.25, 0.3) is 0 Å². The molecule has 1 aliphatic carbocycles. The van der Waals surface area contributed by atoms with E-state index in [1.54, 1.807) is 39.3 Å². The van der Waals surface area contributed by atoms with Gasteiger partial charge in [0.15, 0.2) is 0 Å². The Morgan fingerprint density at radius 1 is 1.18 bits per heavy atom. The van der Waals surface area contributed by atoms with Crippen molar-refractivity contribution < 1.29 is 23.8 Å². The number of nitrogens with one attached hydrogen (secondary N) is 2. The summed E-state index contributed by atoms with van der Waals surface area (Å²) in [5.41, 5.74) is 1.50. The van der Waals surface area contributed by atoms with Crippen molar-refractivity contribution in [1.82, 2.24) is 10.6 Å². The van der Waals surface area contributed by atoms with Gasteiger partial charge in [0.05, 0.1) is 25.8 Å². The Morgan fingerprint density at radius 3 is 2.64 bits per heavy atom. The van der Waals surface area contributed by atoms with Crippen LogP contribution >= 0.6 is 0 Å². The number of hydrogen-bond donors (Lipinski definition) is 2. The van der Waals surface area contributed by atoms with Crippen molar-refractivity contribution in [2.75, 3.05) is 14.2 Å². The molecule has 1 aromatic carbocycles. The highest BCUT2D eigenvalue weighted by Gasteiger charge is 2.35. The molecule has 152 valence electrons. The lowest BCUT2D eigenvalue weighted by molar-refractivity contribution is -0.146. The predicted octanol–water partition coefficient (Wildman–Crippen LogP) is 3.45. The molecule has 1 aromatic rings. The number of hydrogen-bond acceptors (Lipinski definition) is 5. The van der Waals surface area contributed by atoms with Gasteiger partial charge in [0.25, 0.3) is 0 Å². The zero-order chi connectivity index (χ0) is 20.3. The molecule has 0 bridgehead atoms. The molecule has 1 saturated carbocycles. The zero-order valence-electron chi connectivity index (χ0n) is 16.8. The highest BCUT2D eigenvalue weighted by Crippen LogP contribution is 2.36. The van der Waals surface area contributed by atoms with Crippen molar-refractivity contribution in [2.45, 2.75) is 51.7 Å². The van der Waals surface area contributed by atoms with Gasteiger partial charge in [-0.05, 0) is 50.3 Å². The molecule has 7 heteroatoms. The van der Waals surface area contributed by atoms with E-state index in [9.17, 15) is 9.59 Å². The van der Waals surface area contributed by atoms with Gasteiger partial charge < -0.3 is 24.8 Å². The summed E-state index contributed by atoms with van der Waals surface area (Å²) in [5.74, 6) is 1.28. The van der Waals surface area contributed by atoms with Gasteiger partial charge in [-0.3, -0.25) is 0 Å². The lowest BCUT2D eigenvalue weighted by Crippen LogP contribution is -2.45. The SMILES string of the molecule is COc1ccc(OC)c([C@@H]2NC(=O)NC(C)=C2C(=O)O[C@@H]2CCC[C@@H](C)C2)c1. The molecule has 2 N–H and O–H groups in total. The van der Waals surface area contributed by atoms with Crippen molar-refractivity contribution >= 4 is 12.0 Å². The summed E-state index contributed by atoms with van der Waals surface area (Å²) in [6.07, 6.45) is 3.86. The largest absolute Gasteiger partial charge is 0.497 e. The van der Waals surface area contributed by atoms with Crippen molar-refractivity contribution in [3.8, 4) is 11.5 Å². The van der Waals surface area contributed by atoms with Gasteiger partial charge in [-0.25, -0.2) is 9.59 Å². The molecule has 0 radical (unpaired) electrons. The van der Waals surface area contributed by atoms with Crippen LogP contribution in [0.1, 0.15) is 51.1 Å². The van der Waals surface area contributed by atoms with E-state index in [0.717, 1.165) is 25.7 Å². The van der Waals surface area contributed by atoms with Crippen LogP contribution < -0.4 is 20.1 Å². The van der Waals surface area contributed by atoms with E-state index in [-0.39, 0.29) is 12.1 Å². The van der Waals surface area contributed by atoms with Crippen molar-refractivity contribution in [3.63, 3.8) is 0 Å².